The van der Waals surface area contributed by atoms with Crippen LogP contribution < -0.4 is 9.47 Å². The molecule has 0 radical (unpaired) electrons. The van der Waals surface area contributed by atoms with E-state index >= 15 is 0 Å². The van der Waals surface area contributed by atoms with Gasteiger partial charge in [0.25, 0.3) is 0 Å². The molecule has 2 heterocycles. The maximum absolute atomic E-state index is 11.8. The number of pyridine rings is 1. The van der Waals surface area contributed by atoms with E-state index in [0.29, 0.717) is 42.3 Å². The van der Waals surface area contributed by atoms with E-state index in [1.165, 1.54) is 7.11 Å². The first-order valence-corrected chi connectivity index (χ1v) is 11.2. The van der Waals surface area contributed by atoms with E-state index in [1.54, 1.807) is 12.1 Å². The lowest BCUT2D eigenvalue weighted by atomic mass is 9.88. The summed E-state index contributed by atoms with van der Waals surface area (Å²) in [6.45, 7) is 0.710. The van der Waals surface area contributed by atoms with Gasteiger partial charge in [-0.3, -0.25) is 0 Å². The van der Waals surface area contributed by atoms with Gasteiger partial charge in [0.1, 0.15) is 18.1 Å². The van der Waals surface area contributed by atoms with Gasteiger partial charge >= 0.3 is 5.97 Å². The fourth-order valence-corrected chi connectivity index (χ4v) is 4.28. The summed E-state index contributed by atoms with van der Waals surface area (Å²) in [4.78, 5) is 16.5. The summed E-state index contributed by atoms with van der Waals surface area (Å²) in [6, 6.07) is 24.7. The van der Waals surface area contributed by atoms with Crippen LogP contribution in [0.25, 0.3) is 10.9 Å². The highest BCUT2D eigenvalue weighted by molar-refractivity contribution is 5.89. The maximum atomic E-state index is 11.8. The van der Waals surface area contributed by atoms with Crippen LogP contribution in [0.3, 0.4) is 0 Å². The predicted octanol–water partition coefficient (Wildman–Crippen LogP) is 4.89. The Hall–Kier alpha value is -3.90. The highest BCUT2D eigenvalue weighted by Crippen LogP contribution is 2.39. The fourth-order valence-electron chi connectivity index (χ4n) is 4.28. The van der Waals surface area contributed by atoms with Crippen molar-refractivity contribution in [3.05, 3.63) is 101 Å². The van der Waals surface area contributed by atoms with Crippen molar-refractivity contribution >= 4 is 16.9 Å². The standard InChI is InChI=1S/C28H25NO5/c1-32-28(31)20-7-4-5-18(13-20)14-21-16-34-26-12-11-23(15-24(26)27(21)30)33-17-22-10-9-19-6-2-3-8-25(19)29-22/h2-13,15,21,27,30H,14,16-17H2,1H3/t21-,27+/m0/s1. The number of hydrogen-bond acceptors (Lipinski definition) is 6. The number of esters is 1. The van der Waals surface area contributed by atoms with Crippen LogP contribution in [0.4, 0.5) is 0 Å². The molecule has 0 amide bonds. The van der Waals surface area contributed by atoms with Crippen LogP contribution >= 0.6 is 0 Å². The Labute approximate surface area is 197 Å². The van der Waals surface area contributed by atoms with Crippen molar-refractivity contribution < 1.29 is 24.1 Å². The first-order valence-electron chi connectivity index (χ1n) is 11.2. The largest absolute Gasteiger partial charge is 0.493 e. The number of rotatable bonds is 6. The molecule has 0 fully saturated rings. The van der Waals surface area contributed by atoms with Crippen molar-refractivity contribution in [2.24, 2.45) is 5.92 Å². The van der Waals surface area contributed by atoms with Gasteiger partial charge in [-0.15, -0.1) is 0 Å². The average Bonchev–Trinajstić information content (AvgIpc) is 2.89. The maximum Gasteiger partial charge on any atom is 0.337 e. The van der Waals surface area contributed by atoms with Crippen molar-refractivity contribution in [3.63, 3.8) is 0 Å². The molecule has 0 aliphatic carbocycles. The molecule has 1 N–H and O–H groups in total. The second-order valence-corrected chi connectivity index (χ2v) is 8.40. The summed E-state index contributed by atoms with van der Waals surface area (Å²) in [7, 11) is 1.36. The quantitative estimate of drug-likeness (QED) is 0.418. The number of aliphatic hydroxyl groups excluding tert-OH is 1. The molecule has 1 aliphatic heterocycles. The van der Waals surface area contributed by atoms with Crippen molar-refractivity contribution in [1.82, 2.24) is 4.98 Å². The lowest BCUT2D eigenvalue weighted by molar-refractivity contribution is 0.0504. The molecule has 0 unspecified atom stereocenters. The highest BCUT2D eigenvalue weighted by atomic mass is 16.5. The molecule has 1 aromatic heterocycles. The minimum Gasteiger partial charge on any atom is -0.493 e. The molecule has 0 spiro atoms. The Kier molecular flexibility index (Phi) is 6.14. The summed E-state index contributed by atoms with van der Waals surface area (Å²) in [6.07, 6.45) is -0.148. The van der Waals surface area contributed by atoms with E-state index in [4.69, 9.17) is 14.2 Å². The van der Waals surface area contributed by atoms with E-state index in [0.717, 1.165) is 22.2 Å². The number of benzene rings is 3. The number of carbonyl (C=O) groups is 1. The molecule has 172 valence electrons. The van der Waals surface area contributed by atoms with E-state index in [9.17, 15) is 9.90 Å². The van der Waals surface area contributed by atoms with Gasteiger partial charge in [0.15, 0.2) is 0 Å². The fraction of sp³-hybridized carbons (Fsp3) is 0.214. The average molecular weight is 456 g/mol. The zero-order valence-corrected chi connectivity index (χ0v) is 18.8. The smallest absolute Gasteiger partial charge is 0.337 e. The SMILES string of the molecule is COC(=O)c1cccc(C[C@H]2COc3ccc(OCc4ccc5ccccc5n4)cc3[C@@H]2O)c1. The number of para-hydroxylation sites is 1. The van der Waals surface area contributed by atoms with Gasteiger partial charge in [-0.25, -0.2) is 9.78 Å². The lowest BCUT2D eigenvalue weighted by Gasteiger charge is -2.30. The molecule has 1 aliphatic rings. The molecular formula is C28H25NO5. The molecule has 0 saturated heterocycles. The van der Waals surface area contributed by atoms with Crippen molar-refractivity contribution in [2.75, 3.05) is 13.7 Å². The molecule has 2 atom stereocenters. The van der Waals surface area contributed by atoms with E-state index in [2.05, 4.69) is 4.98 Å². The summed E-state index contributed by atoms with van der Waals surface area (Å²) in [5.41, 5.74) is 3.89. The number of ether oxygens (including phenoxy) is 3. The van der Waals surface area contributed by atoms with Crippen LogP contribution in [0.5, 0.6) is 11.5 Å². The van der Waals surface area contributed by atoms with Crippen LogP contribution in [-0.4, -0.2) is 29.8 Å². The Morgan fingerprint density at radius 2 is 1.94 bits per heavy atom. The van der Waals surface area contributed by atoms with Crippen LogP contribution in [0.2, 0.25) is 0 Å². The Bertz CT molecular complexity index is 1340. The minimum absolute atomic E-state index is 0.155. The Balaban J connectivity index is 1.29. The van der Waals surface area contributed by atoms with Gasteiger partial charge in [-0.2, -0.15) is 0 Å². The van der Waals surface area contributed by atoms with Gasteiger partial charge in [-0.1, -0.05) is 36.4 Å². The summed E-state index contributed by atoms with van der Waals surface area (Å²) >= 11 is 0. The third-order valence-electron chi connectivity index (χ3n) is 6.09. The van der Waals surface area contributed by atoms with Crippen molar-refractivity contribution in [3.8, 4) is 11.5 Å². The number of methoxy groups -OCH3 is 1. The third-order valence-corrected chi connectivity index (χ3v) is 6.09. The normalized spacial score (nSPS) is 17.0. The third kappa shape index (κ3) is 4.58. The Morgan fingerprint density at radius 3 is 2.82 bits per heavy atom. The van der Waals surface area contributed by atoms with Gasteiger partial charge in [0, 0.05) is 16.9 Å². The van der Waals surface area contributed by atoms with E-state index in [1.807, 2.05) is 66.7 Å². The van der Waals surface area contributed by atoms with Crippen LogP contribution in [-0.2, 0) is 17.8 Å². The van der Waals surface area contributed by atoms with Gasteiger partial charge in [0.2, 0.25) is 0 Å². The van der Waals surface area contributed by atoms with Crippen molar-refractivity contribution in [2.45, 2.75) is 19.1 Å². The number of nitrogens with zero attached hydrogens (tertiary/aromatic N) is 1. The molecular weight excluding hydrogens is 430 g/mol. The summed E-state index contributed by atoms with van der Waals surface area (Å²) < 4.78 is 16.7. The molecule has 0 bridgehead atoms. The van der Waals surface area contributed by atoms with Gasteiger partial charge < -0.3 is 19.3 Å². The number of carbonyl (C=O) groups excluding carboxylic acids is 1. The van der Waals surface area contributed by atoms with Crippen LogP contribution in [0, 0.1) is 5.92 Å². The van der Waals surface area contributed by atoms with Crippen LogP contribution in [0.1, 0.15) is 33.3 Å². The highest BCUT2D eigenvalue weighted by Gasteiger charge is 2.30. The van der Waals surface area contributed by atoms with Gasteiger partial charge in [0.05, 0.1) is 36.6 Å². The monoisotopic (exact) mass is 455 g/mol. The molecule has 5 rings (SSSR count). The molecule has 34 heavy (non-hydrogen) atoms. The molecule has 6 nitrogen and oxygen atoms in total. The zero-order chi connectivity index (χ0) is 23.5. The van der Waals surface area contributed by atoms with Gasteiger partial charge in [-0.05, 0) is 54.4 Å². The number of fused-ring (bicyclic) bond motifs is 2. The predicted molar refractivity (Wildman–Crippen MR) is 128 cm³/mol. The second-order valence-electron chi connectivity index (χ2n) is 8.40. The number of hydrogen-bond donors (Lipinski definition) is 1. The Morgan fingerprint density at radius 1 is 1.06 bits per heavy atom. The summed E-state index contributed by atoms with van der Waals surface area (Å²) in [5.74, 6) is 0.765. The zero-order valence-electron chi connectivity index (χ0n) is 18.8. The second kappa shape index (κ2) is 9.53. The number of aromatic nitrogens is 1. The molecule has 6 heteroatoms. The minimum atomic E-state index is -0.715. The molecule has 0 saturated carbocycles. The number of aliphatic hydroxyl groups is 1. The van der Waals surface area contributed by atoms with E-state index in [-0.39, 0.29) is 11.9 Å². The van der Waals surface area contributed by atoms with Crippen molar-refractivity contribution in [1.29, 1.82) is 0 Å². The molecule has 3 aromatic carbocycles. The van der Waals surface area contributed by atoms with E-state index < -0.39 is 6.10 Å². The first kappa shape index (κ1) is 21.9. The van der Waals surface area contributed by atoms with Crippen LogP contribution in [0.15, 0.2) is 78.9 Å². The summed E-state index contributed by atoms with van der Waals surface area (Å²) in [5, 5.41) is 12.2. The topological polar surface area (TPSA) is 77.9 Å². The first-order chi connectivity index (χ1) is 16.6. The lowest BCUT2D eigenvalue weighted by Crippen LogP contribution is -2.27. The molecule has 4 aromatic rings.